The third kappa shape index (κ3) is 3.55. The summed E-state index contributed by atoms with van der Waals surface area (Å²) in [5.74, 6) is 0. The molecule has 0 bridgehead atoms. The van der Waals surface area contributed by atoms with Gasteiger partial charge >= 0.3 is 6.09 Å². The Morgan fingerprint density at radius 1 is 1.56 bits per heavy atom. The largest absolute Gasteiger partial charge is 0.452 e. The van der Waals surface area contributed by atoms with Crippen LogP contribution in [0.4, 0.5) is 4.79 Å². The lowest BCUT2D eigenvalue weighted by Gasteiger charge is -2.04. The lowest BCUT2D eigenvalue weighted by molar-refractivity contribution is 0.171. The minimum atomic E-state index is -0.590. The molecule has 1 aromatic carbocycles. The van der Waals surface area contributed by atoms with Crippen molar-refractivity contribution in [1.82, 2.24) is 5.43 Å². The lowest BCUT2D eigenvalue weighted by atomic mass is 10.1. The van der Waals surface area contributed by atoms with Gasteiger partial charge in [0.15, 0.2) is 0 Å². The number of benzene rings is 1. The summed E-state index contributed by atoms with van der Waals surface area (Å²) >= 11 is 5.87. The molecule has 1 rings (SSSR count). The van der Waals surface area contributed by atoms with Gasteiger partial charge in [0.05, 0.1) is 12.8 Å². The van der Waals surface area contributed by atoms with Crippen molar-refractivity contribution in [1.29, 1.82) is 0 Å². The second kappa shape index (κ2) is 6.12. The fourth-order valence-electron chi connectivity index (χ4n) is 1.17. The van der Waals surface area contributed by atoms with Crippen LogP contribution >= 0.6 is 11.6 Å². The second-order valence-corrected chi connectivity index (χ2v) is 3.46. The van der Waals surface area contributed by atoms with E-state index in [4.69, 9.17) is 11.6 Å². The highest BCUT2D eigenvalue weighted by atomic mass is 35.5. The molecule has 16 heavy (non-hydrogen) atoms. The van der Waals surface area contributed by atoms with E-state index in [0.29, 0.717) is 11.4 Å². The smallest absolute Gasteiger partial charge is 0.427 e. The number of carbonyl (C=O) groups excluding carboxylic acids is 1. The Morgan fingerprint density at radius 3 is 2.88 bits per heavy atom. The molecule has 1 aromatic rings. The summed E-state index contributed by atoms with van der Waals surface area (Å²) < 4.78 is 4.42. The highest BCUT2D eigenvalue weighted by Gasteiger charge is 2.03. The van der Waals surface area contributed by atoms with E-state index in [0.717, 1.165) is 11.3 Å². The van der Waals surface area contributed by atoms with Crippen LogP contribution in [0.5, 0.6) is 0 Å². The summed E-state index contributed by atoms with van der Waals surface area (Å²) in [5.41, 5.74) is 3.91. The van der Waals surface area contributed by atoms with E-state index in [9.17, 15) is 4.79 Å². The van der Waals surface area contributed by atoms with Crippen LogP contribution in [0.2, 0.25) is 5.02 Å². The van der Waals surface area contributed by atoms with Gasteiger partial charge in [-0.3, -0.25) is 0 Å². The minimum Gasteiger partial charge on any atom is -0.452 e. The SMILES string of the molecule is CCC(=NNC(=O)OC)c1cccc(Cl)c1. The van der Waals surface area contributed by atoms with Crippen molar-refractivity contribution in [3.05, 3.63) is 34.9 Å². The quantitative estimate of drug-likeness (QED) is 0.652. The summed E-state index contributed by atoms with van der Waals surface area (Å²) in [7, 11) is 1.29. The van der Waals surface area contributed by atoms with Gasteiger partial charge < -0.3 is 4.74 Å². The number of methoxy groups -OCH3 is 1. The first-order valence-electron chi connectivity index (χ1n) is 4.83. The first-order valence-corrected chi connectivity index (χ1v) is 5.21. The molecule has 0 aromatic heterocycles. The van der Waals surface area contributed by atoms with Crippen molar-refractivity contribution in [3.8, 4) is 0 Å². The first-order chi connectivity index (χ1) is 7.67. The van der Waals surface area contributed by atoms with E-state index in [-0.39, 0.29) is 0 Å². The zero-order valence-electron chi connectivity index (χ0n) is 9.16. The Morgan fingerprint density at radius 2 is 2.31 bits per heavy atom. The Labute approximate surface area is 99.2 Å². The van der Waals surface area contributed by atoms with E-state index in [1.165, 1.54) is 7.11 Å². The van der Waals surface area contributed by atoms with E-state index >= 15 is 0 Å². The van der Waals surface area contributed by atoms with Crippen LogP contribution in [0.15, 0.2) is 29.4 Å². The molecule has 1 amide bonds. The zero-order chi connectivity index (χ0) is 12.0. The number of hydrazone groups is 1. The lowest BCUT2D eigenvalue weighted by Crippen LogP contribution is -2.19. The predicted molar refractivity (Wildman–Crippen MR) is 63.8 cm³/mol. The van der Waals surface area contributed by atoms with Gasteiger partial charge in [0.25, 0.3) is 0 Å². The number of hydrogen-bond acceptors (Lipinski definition) is 3. The topological polar surface area (TPSA) is 50.7 Å². The number of ether oxygens (including phenoxy) is 1. The highest BCUT2D eigenvalue weighted by Crippen LogP contribution is 2.12. The van der Waals surface area contributed by atoms with E-state index in [1.807, 2.05) is 19.1 Å². The van der Waals surface area contributed by atoms with Crippen LogP contribution in [0.25, 0.3) is 0 Å². The van der Waals surface area contributed by atoms with Crippen LogP contribution in [0, 0.1) is 0 Å². The number of halogens is 1. The highest BCUT2D eigenvalue weighted by molar-refractivity contribution is 6.31. The molecule has 86 valence electrons. The summed E-state index contributed by atoms with van der Waals surface area (Å²) in [6, 6.07) is 7.29. The molecule has 4 nitrogen and oxygen atoms in total. The standard InChI is InChI=1S/C11H13ClN2O2/c1-3-10(13-14-11(15)16-2)8-5-4-6-9(12)7-8/h4-7H,3H2,1-2H3,(H,14,15). The average Bonchev–Trinajstić information content (AvgIpc) is 2.29. The third-order valence-corrected chi connectivity index (χ3v) is 2.20. The summed E-state index contributed by atoms with van der Waals surface area (Å²) in [4.78, 5) is 10.9. The molecule has 0 unspecified atom stereocenters. The van der Waals surface area contributed by atoms with Crippen LogP contribution in [-0.2, 0) is 4.74 Å². The summed E-state index contributed by atoms with van der Waals surface area (Å²) in [6.07, 6.45) is 0.0950. The van der Waals surface area contributed by atoms with E-state index in [2.05, 4.69) is 15.3 Å². The molecule has 0 spiro atoms. The van der Waals surface area contributed by atoms with Gasteiger partial charge in [0, 0.05) is 5.02 Å². The zero-order valence-corrected chi connectivity index (χ0v) is 9.91. The number of nitrogens with zero attached hydrogens (tertiary/aromatic N) is 1. The number of nitrogens with one attached hydrogen (secondary N) is 1. The third-order valence-electron chi connectivity index (χ3n) is 1.96. The van der Waals surface area contributed by atoms with E-state index in [1.54, 1.807) is 12.1 Å². The van der Waals surface area contributed by atoms with Crippen LogP contribution in [-0.4, -0.2) is 18.9 Å². The van der Waals surface area contributed by atoms with Gasteiger partial charge in [0.2, 0.25) is 0 Å². The number of hydrogen-bond donors (Lipinski definition) is 1. The molecule has 0 aliphatic carbocycles. The fourth-order valence-corrected chi connectivity index (χ4v) is 1.36. The van der Waals surface area contributed by atoms with Crippen molar-refractivity contribution < 1.29 is 9.53 Å². The van der Waals surface area contributed by atoms with Crippen LogP contribution < -0.4 is 5.43 Å². The van der Waals surface area contributed by atoms with Crippen LogP contribution in [0.3, 0.4) is 0 Å². The van der Waals surface area contributed by atoms with Gasteiger partial charge in [-0.25, -0.2) is 10.2 Å². The molecular weight excluding hydrogens is 228 g/mol. The monoisotopic (exact) mass is 240 g/mol. The van der Waals surface area contributed by atoms with Gasteiger partial charge in [-0.1, -0.05) is 30.7 Å². The summed E-state index contributed by atoms with van der Waals surface area (Å²) in [5, 5.41) is 4.59. The molecule has 0 aliphatic heterocycles. The first kappa shape index (κ1) is 12.5. The predicted octanol–water partition coefficient (Wildman–Crippen LogP) is 2.81. The molecule has 0 atom stereocenters. The molecule has 0 fully saturated rings. The van der Waals surface area contributed by atoms with Crippen LogP contribution in [0.1, 0.15) is 18.9 Å². The van der Waals surface area contributed by atoms with Crippen molar-refractivity contribution >= 4 is 23.4 Å². The van der Waals surface area contributed by atoms with Crippen molar-refractivity contribution in [2.24, 2.45) is 5.10 Å². The Balaban J connectivity index is 2.85. The van der Waals surface area contributed by atoms with E-state index < -0.39 is 6.09 Å². The summed E-state index contributed by atoms with van der Waals surface area (Å²) in [6.45, 7) is 1.94. The molecule has 5 heteroatoms. The Kier molecular flexibility index (Phi) is 4.79. The van der Waals surface area contributed by atoms with Gasteiger partial charge in [-0.05, 0) is 24.1 Å². The number of rotatable bonds is 3. The molecule has 0 aliphatic rings. The fraction of sp³-hybridized carbons (Fsp3) is 0.273. The molecule has 0 saturated heterocycles. The maximum Gasteiger partial charge on any atom is 0.427 e. The van der Waals surface area contributed by atoms with Crippen molar-refractivity contribution in [3.63, 3.8) is 0 Å². The Bertz CT molecular complexity index is 405. The average molecular weight is 241 g/mol. The Hall–Kier alpha value is -1.55. The number of carbonyl (C=O) groups is 1. The van der Waals surface area contributed by atoms with Gasteiger partial charge in [0.1, 0.15) is 0 Å². The van der Waals surface area contributed by atoms with Crippen molar-refractivity contribution in [2.75, 3.05) is 7.11 Å². The maximum atomic E-state index is 10.9. The van der Waals surface area contributed by atoms with Gasteiger partial charge in [-0.2, -0.15) is 5.10 Å². The van der Waals surface area contributed by atoms with Crippen molar-refractivity contribution in [2.45, 2.75) is 13.3 Å². The minimum absolute atomic E-state index is 0.590. The number of amides is 1. The van der Waals surface area contributed by atoms with Gasteiger partial charge in [-0.15, -0.1) is 0 Å². The maximum absolute atomic E-state index is 10.9. The normalized spacial score (nSPS) is 11.1. The molecular formula is C11H13ClN2O2. The molecule has 1 N–H and O–H groups in total. The molecule has 0 radical (unpaired) electrons. The molecule has 0 heterocycles. The molecule has 0 saturated carbocycles. The second-order valence-electron chi connectivity index (χ2n) is 3.03.